The maximum Gasteiger partial charge on any atom is 0.237 e. The lowest BCUT2D eigenvalue weighted by atomic mass is 10.0. The van der Waals surface area contributed by atoms with Gasteiger partial charge in [0.1, 0.15) is 6.61 Å². The fourth-order valence-corrected chi connectivity index (χ4v) is 5.05. The van der Waals surface area contributed by atoms with Crippen LogP contribution in [-0.4, -0.2) is 93.7 Å². The molecule has 2 atom stereocenters. The molecule has 9 heteroatoms. The average Bonchev–Trinajstić information content (AvgIpc) is 3.33. The van der Waals surface area contributed by atoms with Gasteiger partial charge in [-0.1, -0.05) is 12.1 Å². The second kappa shape index (κ2) is 13.7. The lowest BCUT2D eigenvalue weighted by Gasteiger charge is -2.37. The number of carbonyl (C=O) groups is 1. The molecule has 0 saturated carbocycles. The number of rotatable bonds is 14. The van der Waals surface area contributed by atoms with Gasteiger partial charge >= 0.3 is 0 Å². The minimum atomic E-state index is -0.667. The third-order valence-electron chi connectivity index (χ3n) is 5.83. The molecule has 8 nitrogen and oxygen atoms in total. The summed E-state index contributed by atoms with van der Waals surface area (Å²) in [4.78, 5) is 18.6. The Hall–Kier alpha value is -2.17. The van der Waals surface area contributed by atoms with Crippen molar-refractivity contribution in [3.05, 3.63) is 46.2 Å². The molecule has 0 radical (unpaired) electrons. The summed E-state index contributed by atoms with van der Waals surface area (Å²) in [5.41, 5.74) is 1.14. The molecular weight excluding hydrogens is 456 g/mol. The fourth-order valence-electron chi connectivity index (χ4n) is 4.12. The molecule has 1 aliphatic heterocycles. The number of para-hydroxylation sites is 2. The van der Waals surface area contributed by atoms with Crippen LogP contribution in [0.2, 0.25) is 0 Å². The highest BCUT2D eigenvalue weighted by Crippen LogP contribution is 2.35. The predicted molar refractivity (Wildman–Crippen MR) is 132 cm³/mol. The van der Waals surface area contributed by atoms with Crippen LogP contribution >= 0.6 is 11.3 Å². The van der Waals surface area contributed by atoms with Crippen molar-refractivity contribution in [3.63, 3.8) is 0 Å². The summed E-state index contributed by atoms with van der Waals surface area (Å²) < 4.78 is 22.1. The van der Waals surface area contributed by atoms with Gasteiger partial charge in [-0.25, -0.2) is 0 Å². The summed E-state index contributed by atoms with van der Waals surface area (Å²) in [6.07, 6.45) is 0.161. The summed E-state index contributed by atoms with van der Waals surface area (Å²) in [7, 11) is 3.24. The van der Waals surface area contributed by atoms with Crippen molar-refractivity contribution < 1.29 is 28.8 Å². The summed E-state index contributed by atoms with van der Waals surface area (Å²) in [6.45, 7) is 5.19. The van der Waals surface area contributed by atoms with Gasteiger partial charge in [0.05, 0.1) is 39.0 Å². The van der Waals surface area contributed by atoms with Crippen LogP contribution in [-0.2, 0) is 20.7 Å². The van der Waals surface area contributed by atoms with E-state index in [4.69, 9.17) is 18.9 Å². The lowest BCUT2D eigenvalue weighted by molar-refractivity contribution is -0.136. The summed E-state index contributed by atoms with van der Waals surface area (Å²) in [5.74, 6) is 1.32. The van der Waals surface area contributed by atoms with Crippen molar-refractivity contribution in [2.75, 3.05) is 66.8 Å². The van der Waals surface area contributed by atoms with Crippen LogP contribution < -0.4 is 9.47 Å². The number of carbonyl (C=O) groups excluding carboxylic acids is 1. The third-order valence-corrected chi connectivity index (χ3v) is 6.83. The van der Waals surface area contributed by atoms with Crippen LogP contribution in [0.3, 0.4) is 0 Å². The number of benzene rings is 1. The molecule has 0 spiro atoms. The monoisotopic (exact) mass is 492 g/mol. The molecule has 0 unspecified atom stereocenters. The number of methoxy groups -OCH3 is 2. The van der Waals surface area contributed by atoms with E-state index < -0.39 is 6.10 Å². The van der Waals surface area contributed by atoms with Gasteiger partial charge in [0.2, 0.25) is 5.91 Å². The minimum Gasteiger partial charge on any atom is -0.493 e. The van der Waals surface area contributed by atoms with E-state index >= 15 is 0 Å². The molecule has 1 N–H and O–H groups in total. The molecule has 3 rings (SSSR count). The first kappa shape index (κ1) is 26.4. The molecule has 0 saturated heterocycles. The fraction of sp³-hybridized carbons (Fsp3) is 0.560. The van der Waals surface area contributed by atoms with Gasteiger partial charge in [-0.3, -0.25) is 9.69 Å². The Morgan fingerprint density at radius 1 is 1.26 bits per heavy atom. The van der Waals surface area contributed by atoms with Crippen molar-refractivity contribution in [1.82, 2.24) is 9.80 Å². The zero-order valence-electron chi connectivity index (χ0n) is 20.3. The lowest BCUT2D eigenvalue weighted by Crippen LogP contribution is -2.48. The predicted octanol–water partition coefficient (Wildman–Crippen LogP) is 2.61. The number of nitrogens with zero attached hydrogens (tertiary/aromatic N) is 2. The van der Waals surface area contributed by atoms with Crippen LogP contribution in [0.4, 0.5) is 0 Å². The van der Waals surface area contributed by atoms with Crippen LogP contribution in [0.15, 0.2) is 35.7 Å². The number of hydrogen-bond acceptors (Lipinski definition) is 8. The number of hydrogen-bond donors (Lipinski definition) is 1. The zero-order chi connectivity index (χ0) is 24.3. The number of thiophene rings is 1. The van der Waals surface area contributed by atoms with E-state index in [1.807, 2.05) is 41.0 Å². The Kier molecular flexibility index (Phi) is 10.6. The van der Waals surface area contributed by atoms with E-state index in [9.17, 15) is 9.90 Å². The topological polar surface area (TPSA) is 80.7 Å². The van der Waals surface area contributed by atoms with Crippen LogP contribution in [0.25, 0.3) is 0 Å². The van der Waals surface area contributed by atoms with Crippen LogP contribution in [0.5, 0.6) is 11.5 Å². The van der Waals surface area contributed by atoms with E-state index in [1.54, 1.807) is 25.6 Å². The summed E-state index contributed by atoms with van der Waals surface area (Å²) in [6, 6.07) is 9.42. The largest absolute Gasteiger partial charge is 0.493 e. The van der Waals surface area contributed by atoms with Gasteiger partial charge in [0.15, 0.2) is 11.5 Å². The Bertz CT molecular complexity index is 892. The Labute approximate surface area is 206 Å². The van der Waals surface area contributed by atoms with Gasteiger partial charge in [0.25, 0.3) is 0 Å². The molecule has 1 amide bonds. The van der Waals surface area contributed by atoms with Crippen molar-refractivity contribution in [2.45, 2.75) is 25.5 Å². The Morgan fingerprint density at radius 3 is 2.79 bits per heavy atom. The molecule has 188 valence electrons. The third kappa shape index (κ3) is 7.16. The van der Waals surface area contributed by atoms with E-state index in [-0.39, 0.29) is 25.1 Å². The molecule has 34 heavy (non-hydrogen) atoms. The molecular formula is C25H36N2O6S. The smallest absolute Gasteiger partial charge is 0.237 e. The number of aliphatic hydroxyl groups is 1. The first-order valence-corrected chi connectivity index (χ1v) is 12.5. The second-order valence-corrected chi connectivity index (χ2v) is 9.16. The number of amides is 1. The maximum atomic E-state index is 13.5. The minimum absolute atomic E-state index is 0.00481. The second-order valence-electron chi connectivity index (χ2n) is 8.16. The van der Waals surface area contributed by atoms with E-state index in [0.29, 0.717) is 51.0 Å². The van der Waals surface area contributed by atoms with Gasteiger partial charge in [0, 0.05) is 38.2 Å². The molecule has 1 aromatic heterocycles. The maximum absolute atomic E-state index is 13.5. The first-order chi connectivity index (χ1) is 16.6. The number of fused-ring (bicyclic) bond motifs is 1. The SMILES string of the molecule is CCOC[C@@H](O)CN(CCOC)CC(=O)N1CCc2sccc2[C@H]1COc1ccccc1OC. The zero-order valence-corrected chi connectivity index (χ0v) is 21.1. The van der Waals surface area contributed by atoms with E-state index in [0.717, 1.165) is 12.0 Å². The Balaban J connectivity index is 1.71. The van der Waals surface area contributed by atoms with Crippen molar-refractivity contribution in [1.29, 1.82) is 0 Å². The Morgan fingerprint density at radius 2 is 2.06 bits per heavy atom. The highest BCUT2D eigenvalue weighted by Gasteiger charge is 2.33. The quantitative estimate of drug-likeness (QED) is 0.434. The van der Waals surface area contributed by atoms with Gasteiger partial charge in [-0.2, -0.15) is 0 Å². The van der Waals surface area contributed by atoms with Crippen LogP contribution in [0.1, 0.15) is 23.4 Å². The van der Waals surface area contributed by atoms with Gasteiger partial charge in [-0.05, 0) is 42.5 Å². The first-order valence-electron chi connectivity index (χ1n) is 11.7. The molecule has 1 aromatic carbocycles. The normalized spacial score (nSPS) is 16.4. The van der Waals surface area contributed by atoms with Crippen LogP contribution in [0, 0.1) is 0 Å². The molecule has 0 fully saturated rings. The highest BCUT2D eigenvalue weighted by atomic mass is 32.1. The van der Waals surface area contributed by atoms with Crippen molar-refractivity contribution >= 4 is 17.2 Å². The molecule has 0 aliphatic carbocycles. The van der Waals surface area contributed by atoms with Gasteiger partial charge in [-0.15, -0.1) is 11.3 Å². The standard InChI is InChI=1S/C25H36N2O6S/c1-4-32-17-19(28)15-26(12-13-30-2)16-25(29)27-11-9-24-20(10-14-34-24)21(27)18-33-23-8-6-5-7-22(23)31-3/h5-8,10,14,19,21,28H,4,9,11-13,15-18H2,1-3H3/t19-,21+/m0/s1. The highest BCUT2D eigenvalue weighted by molar-refractivity contribution is 7.10. The number of aliphatic hydroxyl groups excluding tert-OH is 1. The summed E-state index contributed by atoms with van der Waals surface area (Å²) >= 11 is 1.72. The van der Waals surface area contributed by atoms with Gasteiger partial charge < -0.3 is 29.0 Å². The summed E-state index contributed by atoms with van der Waals surface area (Å²) in [5, 5.41) is 12.4. The molecule has 1 aliphatic rings. The number of ether oxygens (including phenoxy) is 4. The van der Waals surface area contributed by atoms with E-state index in [1.165, 1.54) is 4.88 Å². The van der Waals surface area contributed by atoms with E-state index in [2.05, 4.69) is 11.4 Å². The molecule has 0 bridgehead atoms. The van der Waals surface area contributed by atoms with Crippen molar-refractivity contribution in [3.8, 4) is 11.5 Å². The average molecular weight is 493 g/mol. The molecule has 2 heterocycles. The van der Waals surface area contributed by atoms with Crippen molar-refractivity contribution in [2.24, 2.45) is 0 Å². The molecule has 2 aromatic rings.